The number of anilines is 1. The Hall–Kier alpha value is -2.16. The second kappa shape index (κ2) is 6.43. The zero-order chi connectivity index (χ0) is 11.8. The molecule has 1 N–H and O–H groups in total. The third-order valence-electron chi connectivity index (χ3n) is 2.26. The normalized spacial score (nSPS) is 10.6. The fourth-order valence-corrected chi connectivity index (χ4v) is 1.43. The molecule has 2 aromatic carbocycles. The molecule has 0 saturated heterocycles. The second-order valence-corrected chi connectivity index (χ2v) is 3.59. The molecule has 2 aromatic rings. The molecule has 0 aliphatic rings. The molecule has 0 spiro atoms. The first-order valence-electron chi connectivity index (χ1n) is 5.66. The fourth-order valence-electron chi connectivity index (χ4n) is 1.43. The predicted octanol–water partition coefficient (Wildman–Crippen LogP) is 3.88. The van der Waals surface area contributed by atoms with Crippen LogP contribution >= 0.6 is 0 Å². The van der Waals surface area contributed by atoms with E-state index in [-0.39, 0.29) is 0 Å². The predicted molar refractivity (Wildman–Crippen MR) is 70.8 cm³/mol. The summed E-state index contributed by atoms with van der Waals surface area (Å²) >= 11 is 0. The zero-order valence-corrected chi connectivity index (χ0v) is 9.58. The van der Waals surface area contributed by atoms with Crippen molar-refractivity contribution in [3.05, 3.63) is 60.7 Å². The van der Waals surface area contributed by atoms with Crippen LogP contribution in [0.4, 0.5) is 11.4 Å². The lowest BCUT2D eigenvalue weighted by Gasteiger charge is -2.02. The third-order valence-corrected chi connectivity index (χ3v) is 2.26. The van der Waals surface area contributed by atoms with Crippen LogP contribution in [0.25, 0.3) is 0 Å². The van der Waals surface area contributed by atoms with Crippen LogP contribution in [-0.2, 0) is 0 Å². The summed E-state index contributed by atoms with van der Waals surface area (Å²) in [5.74, 6) is 0. The molecule has 0 aromatic heterocycles. The summed E-state index contributed by atoms with van der Waals surface area (Å²) in [4.78, 5) is 0. The van der Waals surface area contributed by atoms with Gasteiger partial charge in [-0.25, -0.2) is 0 Å². The Morgan fingerprint density at radius 3 is 2.18 bits per heavy atom. The van der Waals surface area contributed by atoms with Crippen molar-refractivity contribution in [1.82, 2.24) is 0 Å². The van der Waals surface area contributed by atoms with E-state index in [0.29, 0.717) is 6.54 Å². The number of hydrogen-bond donors (Lipinski definition) is 1. The molecule has 2 rings (SSSR count). The van der Waals surface area contributed by atoms with Crippen molar-refractivity contribution in [3.63, 3.8) is 0 Å². The molecule has 0 heterocycles. The van der Waals surface area contributed by atoms with E-state index in [4.69, 9.17) is 0 Å². The van der Waals surface area contributed by atoms with Crippen LogP contribution in [0, 0.1) is 0 Å². The van der Waals surface area contributed by atoms with E-state index in [9.17, 15) is 0 Å². The molecule has 0 bridgehead atoms. The van der Waals surface area contributed by atoms with Crippen LogP contribution in [0.1, 0.15) is 0 Å². The van der Waals surface area contributed by atoms with Gasteiger partial charge in [0.2, 0.25) is 0 Å². The summed E-state index contributed by atoms with van der Waals surface area (Å²) in [6.45, 7) is 1.46. The Labute approximate surface area is 101 Å². The molecule has 0 saturated carbocycles. The van der Waals surface area contributed by atoms with Crippen LogP contribution in [0.3, 0.4) is 0 Å². The maximum atomic E-state index is 4.12. The van der Waals surface area contributed by atoms with Crippen LogP contribution in [0.2, 0.25) is 0 Å². The van der Waals surface area contributed by atoms with Gasteiger partial charge in [0, 0.05) is 12.2 Å². The number of para-hydroxylation sites is 1. The molecule has 3 nitrogen and oxygen atoms in total. The monoisotopic (exact) mass is 225 g/mol. The SMILES string of the molecule is c1ccc(N=NCCNc2ccccc2)cc1. The van der Waals surface area contributed by atoms with Crippen LogP contribution < -0.4 is 5.32 Å². The zero-order valence-electron chi connectivity index (χ0n) is 9.58. The van der Waals surface area contributed by atoms with E-state index in [0.717, 1.165) is 17.9 Å². The second-order valence-electron chi connectivity index (χ2n) is 3.59. The van der Waals surface area contributed by atoms with Crippen molar-refractivity contribution in [1.29, 1.82) is 0 Å². The van der Waals surface area contributed by atoms with Gasteiger partial charge in [-0.2, -0.15) is 10.2 Å². The number of nitrogens with one attached hydrogen (secondary N) is 1. The Balaban J connectivity index is 1.72. The van der Waals surface area contributed by atoms with Crippen molar-refractivity contribution in [2.24, 2.45) is 10.2 Å². The third kappa shape index (κ3) is 4.07. The minimum absolute atomic E-state index is 0.670. The van der Waals surface area contributed by atoms with E-state index >= 15 is 0 Å². The average molecular weight is 225 g/mol. The summed E-state index contributed by atoms with van der Waals surface area (Å²) in [5.41, 5.74) is 2.01. The van der Waals surface area contributed by atoms with Crippen molar-refractivity contribution in [3.8, 4) is 0 Å². The molecule has 0 radical (unpaired) electrons. The maximum absolute atomic E-state index is 4.12. The lowest BCUT2D eigenvalue weighted by molar-refractivity contribution is 0.944. The highest BCUT2D eigenvalue weighted by Gasteiger charge is 1.88. The van der Waals surface area contributed by atoms with Gasteiger partial charge < -0.3 is 5.32 Å². The highest BCUT2D eigenvalue weighted by Crippen LogP contribution is 2.09. The Kier molecular flexibility index (Phi) is 4.28. The summed E-state index contributed by atoms with van der Waals surface area (Å²) in [6, 6.07) is 19.8. The molecule has 3 heteroatoms. The molecule has 0 amide bonds. The van der Waals surface area contributed by atoms with Crippen molar-refractivity contribution in [2.75, 3.05) is 18.4 Å². The average Bonchev–Trinajstić information content (AvgIpc) is 2.41. The Morgan fingerprint density at radius 2 is 1.47 bits per heavy atom. The van der Waals surface area contributed by atoms with Gasteiger partial charge in [-0.05, 0) is 24.3 Å². The van der Waals surface area contributed by atoms with E-state index in [1.807, 2.05) is 60.7 Å². The standard InChI is InChI=1S/C14H15N3/c1-3-7-13(8-4-1)15-11-12-16-17-14-9-5-2-6-10-14/h1-10,15H,11-12H2. The van der Waals surface area contributed by atoms with Gasteiger partial charge >= 0.3 is 0 Å². The lowest BCUT2D eigenvalue weighted by atomic mass is 10.3. The van der Waals surface area contributed by atoms with Crippen molar-refractivity contribution < 1.29 is 0 Å². The molecule has 17 heavy (non-hydrogen) atoms. The number of hydrogen-bond acceptors (Lipinski definition) is 3. The molecule has 0 aliphatic heterocycles. The summed E-state index contributed by atoms with van der Waals surface area (Å²) in [5, 5.41) is 11.5. The molecular weight excluding hydrogens is 210 g/mol. The van der Waals surface area contributed by atoms with E-state index < -0.39 is 0 Å². The van der Waals surface area contributed by atoms with Crippen LogP contribution in [-0.4, -0.2) is 13.1 Å². The first-order valence-corrected chi connectivity index (χ1v) is 5.66. The van der Waals surface area contributed by atoms with E-state index in [2.05, 4.69) is 15.5 Å². The quantitative estimate of drug-likeness (QED) is 0.608. The van der Waals surface area contributed by atoms with E-state index in [1.54, 1.807) is 0 Å². The van der Waals surface area contributed by atoms with Crippen molar-refractivity contribution >= 4 is 11.4 Å². The maximum Gasteiger partial charge on any atom is 0.0852 e. The van der Waals surface area contributed by atoms with Gasteiger partial charge in [0.05, 0.1) is 12.2 Å². The molecule has 0 unspecified atom stereocenters. The number of rotatable bonds is 5. The molecular formula is C14H15N3. The topological polar surface area (TPSA) is 36.8 Å². The molecule has 86 valence electrons. The minimum Gasteiger partial charge on any atom is -0.383 e. The summed E-state index contributed by atoms with van der Waals surface area (Å²) < 4.78 is 0. The first-order chi connectivity index (χ1) is 8.45. The Bertz CT molecular complexity index is 451. The van der Waals surface area contributed by atoms with Gasteiger partial charge in [0.1, 0.15) is 0 Å². The van der Waals surface area contributed by atoms with Crippen molar-refractivity contribution in [2.45, 2.75) is 0 Å². The van der Waals surface area contributed by atoms with Gasteiger partial charge in [-0.15, -0.1) is 0 Å². The number of nitrogens with zero attached hydrogens (tertiary/aromatic N) is 2. The molecule has 0 fully saturated rings. The lowest BCUT2D eigenvalue weighted by Crippen LogP contribution is -2.03. The fraction of sp³-hybridized carbons (Fsp3) is 0.143. The smallest absolute Gasteiger partial charge is 0.0852 e. The summed E-state index contributed by atoms with van der Waals surface area (Å²) in [7, 11) is 0. The highest BCUT2D eigenvalue weighted by molar-refractivity contribution is 5.42. The van der Waals surface area contributed by atoms with Crippen LogP contribution in [0.5, 0.6) is 0 Å². The minimum atomic E-state index is 0.670. The van der Waals surface area contributed by atoms with Gasteiger partial charge in [-0.1, -0.05) is 36.4 Å². The van der Waals surface area contributed by atoms with Crippen LogP contribution in [0.15, 0.2) is 70.9 Å². The van der Waals surface area contributed by atoms with E-state index in [1.165, 1.54) is 0 Å². The Morgan fingerprint density at radius 1 is 0.824 bits per heavy atom. The first kappa shape index (κ1) is 11.3. The highest BCUT2D eigenvalue weighted by atomic mass is 15.1. The summed E-state index contributed by atoms with van der Waals surface area (Å²) in [6.07, 6.45) is 0. The largest absolute Gasteiger partial charge is 0.383 e. The number of benzene rings is 2. The van der Waals surface area contributed by atoms with Gasteiger partial charge in [0.15, 0.2) is 0 Å². The van der Waals surface area contributed by atoms with Gasteiger partial charge in [-0.3, -0.25) is 0 Å². The number of azo groups is 1. The van der Waals surface area contributed by atoms with Gasteiger partial charge in [0.25, 0.3) is 0 Å². The molecule has 0 aliphatic carbocycles. The molecule has 0 atom stereocenters.